The number of benzene rings is 2. The van der Waals surface area contributed by atoms with E-state index < -0.39 is 65.0 Å². The second kappa shape index (κ2) is 8.86. The van der Waals surface area contributed by atoms with Gasteiger partial charge in [0.1, 0.15) is 17.3 Å². The number of rotatable bonds is 4. The van der Waals surface area contributed by atoms with Gasteiger partial charge in [0.15, 0.2) is 17.3 Å². The number of primary amides is 1. The number of ketones is 3. The number of fused-ring (bicyclic) bond motifs is 3. The summed E-state index contributed by atoms with van der Waals surface area (Å²) in [5.41, 5.74) is 12.4. The minimum absolute atomic E-state index is 0.0829. The summed E-state index contributed by atoms with van der Waals surface area (Å²) in [6.07, 6.45) is 0.122. The van der Waals surface area contributed by atoms with Crippen LogP contribution in [0.25, 0.3) is 11.1 Å². The minimum Gasteiger partial charge on any atom is -0.507 e. The van der Waals surface area contributed by atoms with Gasteiger partial charge in [-0.15, -0.1) is 0 Å². The molecule has 194 valence electrons. The zero-order chi connectivity index (χ0) is 26.8. The van der Waals surface area contributed by atoms with E-state index in [1.807, 2.05) is 24.3 Å². The van der Waals surface area contributed by atoms with E-state index in [1.165, 1.54) is 6.07 Å². The number of hydrogen-bond donors (Lipinski definition) is 4. The van der Waals surface area contributed by atoms with Crippen LogP contribution in [0.4, 0.5) is 0 Å². The lowest BCUT2D eigenvalue weighted by Gasteiger charge is -2.53. The smallest absolute Gasteiger partial charge is 0.228 e. The topological polar surface area (TPSA) is 164 Å². The molecule has 9 nitrogen and oxygen atoms in total. The number of hydrogen-bond acceptors (Lipinski definition) is 8. The Morgan fingerprint density at radius 3 is 2.38 bits per heavy atom. The highest BCUT2D eigenvalue weighted by Crippen LogP contribution is 2.52. The molecule has 0 saturated heterocycles. The van der Waals surface area contributed by atoms with Crippen molar-refractivity contribution >= 4 is 23.3 Å². The maximum absolute atomic E-state index is 13.9. The van der Waals surface area contributed by atoms with Gasteiger partial charge in [-0.2, -0.15) is 0 Å². The molecule has 0 aromatic heterocycles. The van der Waals surface area contributed by atoms with Crippen LogP contribution in [0.2, 0.25) is 0 Å². The average Bonchev–Trinajstić information content (AvgIpc) is 2.85. The number of aliphatic hydroxyl groups is 1. The van der Waals surface area contributed by atoms with Gasteiger partial charge in [-0.3, -0.25) is 24.1 Å². The minimum atomic E-state index is -2.05. The van der Waals surface area contributed by atoms with Crippen LogP contribution in [0.1, 0.15) is 34.3 Å². The fourth-order valence-electron chi connectivity index (χ4n) is 6.80. The molecule has 0 radical (unpaired) electrons. The molecule has 6 unspecified atom stereocenters. The molecule has 6 N–H and O–H groups in total. The van der Waals surface area contributed by atoms with Gasteiger partial charge < -0.3 is 21.7 Å². The average molecular weight is 506 g/mol. The molecule has 2 aromatic carbocycles. The van der Waals surface area contributed by atoms with E-state index in [4.69, 9.17) is 11.5 Å². The molecule has 0 spiro atoms. The van der Waals surface area contributed by atoms with Crippen molar-refractivity contribution in [2.45, 2.75) is 37.5 Å². The maximum atomic E-state index is 13.9. The van der Waals surface area contributed by atoms with Gasteiger partial charge in [-0.25, -0.2) is 0 Å². The van der Waals surface area contributed by atoms with Crippen molar-refractivity contribution in [3.05, 3.63) is 53.1 Å². The number of amides is 1. The molecule has 6 atom stereocenters. The Hall–Kier alpha value is -3.40. The third kappa shape index (κ3) is 3.72. The monoisotopic (exact) mass is 505 g/mol. The molecule has 1 amide bonds. The number of nitrogens with two attached hydrogens (primary N) is 2. The van der Waals surface area contributed by atoms with Crippen LogP contribution in [0.3, 0.4) is 0 Å². The van der Waals surface area contributed by atoms with Crippen LogP contribution in [0.5, 0.6) is 5.75 Å². The van der Waals surface area contributed by atoms with E-state index in [1.54, 1.807) is 25.1 Å². The lowest BCUT2D eigenvalue weighted by molar-refractivity contribution is -0.176. The van der Waals surface area contributed by atoms with Crippen LogP contribution >= 0.6 is 0 Å². The quantitative estimate of drug-likeness (QED) is 0.444. The first-order valence-electron chi connectivity index (χ1n) is 12.4. The Balaban J connectivity index is 1.61. The summed E-state index contributed by atoms with van der Waals surface area (Å²) in [7, 11) is 3.32. The molecule has 0 heterocycles. The largest absolute Gasteiger partial charge is 0.507 e. The van der Waals surface area contributed by atoms with Crippen molar-refractivity contribution in [3.8, 4) is 16.9 Å². The Bertz CT molecular complexity index is 1320. The fourth-order valence-corrected chi connectivity index (χ4v) is 6.80. The van der Waals surface area contributed by atoms with Gasteiger partial charge in [0, 0.05) is 18.9 Å². The van der Waals surface area contributed by atoms with Gasteiger partial charge in [-0.05, 0) is 61.2 Å². The molecule has 9 heteroatoms. The number of phenolic OH excluding ortho intramolecular Hbond substituents is 1. The molecule has 0 bridgehead atoms. The molecule has 37 heavy (non-hydrogen) atoms. The first-order chi connectivity index (χ1) is 17.5. The van der Waals surface area contributed by atoms with Crippen molar-refractivity contribution in [2.24, 2.45) is 35.1 Å². The van der Waals surface area contributed by atoms with E-state index >= 15 is 0 Å². The third-order valence-electron chi connectivity index (χ3n) is 8.57. The summed E-state index contributed by atoms with van der Waals surface area (Å²) in [6.45, 7) is 0.394. The zero-order valence-corrected chi connectivity index (χ0v) is 20.8. The van der Waals surface area contributed by atoms with Crippen LogP contribution in [0.15, 0.2) is 36.4 Å². The van der Waals surface area contributed by atoms with Gasteiger partial charge >= 0.3 is 0 Å². The van der Waals surface area contributed by atoms with Gasteiger partial charge in [-0.1, -0.05) is 30.3 Å². The van der Waals surface area contributed by atoms with E-state index in [9.17, 15) is 29.4 Å². The predicted octanol–water partition coefficient (Wildman–Crippen LogP) is 0.814. The fraction of sp³-hybridized carbons (Fsp3) is 0.429. The number of nitrogens with zero attached hydrogens (tertiary/aromatic N) is 1. The summed E-state index contributed by atoms with van der Waals surface area (Å²) in [5, 5.41) is 22.4. The molecule has 2 aromatic rings. The second-order valence-electron chi connectivity index (χ2n) is 10.8. The van der Waals surface area contributed by atoms with Crippen molar-refractivity contribution in [1.82, 2.24) is 4.90 Å². The van der Waals surface area contributed by atoms with Gasteiger partial charge in [0.05, 0.1) is 17.5 Å². The highest BCUT2D eigenvalue weighted by Gasteiger charge is 2.64. The van der Waals surface area contributed by atoms with E-state index in [0.717, 1.165) is 16.7 Å². The lowest BCUT2D eigenvalue weighted by atomic mass is 9.52. The summed E-state index contributed by atoms with van der Waals surface area (Å²) in [6, 6.07) is 9.91. The third-order valence-corrected chi connectivity index (χ3v) is 8.57. The number of carbonyl (C=O) groups is 4. The number of Topliss-reactive ketones (excluding diaryl/α,β-unsaturated/α-hetero) is 3. The van der Waals surface area contributed by atoms with Crippen LogP contribution in [0, 0.1) is 23.7 Å². The lowest BCUT2D eigenvalue weighted by Crippen LogP contribution is -2.69. The summed E-state index contributed by atoms with van der Waals surface area (Å²) in [4.78, 5) is 54.6. The van der Waals surface area contributed by atoms with Gasteiger partial charge in [0.2, 0.25) is 5.91 Å². The molecule has 2 fully saturated rings. The Kier molecular flexibility index (Phi) is 6.05. The molecule has 0 aliphatic heterocycles. The number of likely N-dealkylation sites (N-methyl/N-ethyl adjacent to an activating group) is 1. The summed E-state index contributed by atoms with van der Waals surface area (Å²) in [5.74, 6) is -6.55. The highest BCUT2D eigenvalue weighted by molar-refractivity contribution is 6.18. The zero-order valence-electron chi connectivity index (χ0n) is 20.8. The van der Waals surface area contributed by atoms with Crippen molar-refractivity contribution in [1.29, 1.82) is 0 Å². The molecule has 5 rings (SSSR count). The van der Waals surface area contributed by atoms with Crippen molar-refractivity contribution in [2.75, 3.05) is 14.1 Å². The molecule has 2 saturated carbocycles. The first kappa shape index (κ1) is 25.3. The second-order valence-corrected chi connectivity index (χ2v) is 10.8. The van der Waals surface area contributed by atoms with Crippen LogP contribution in [-0.2, 0) is 27.3 Å². The molecular formula is C28H31N3O6. The van der Waals surface area contributed by atoms with Crippen molar-refractivity contribution < 1.29 is 29.4 Å². The normalized spacial score (nSPS) is 31.1. The Labute approximate surface area is 214 Å². The number of carbonyl (C=O) groups excluding carboxylic acids is 4. The van der Waals surface area contributed by atoms with Crippen LogP contribution in [-0.4, -0.2) is 64.1 Å². The predicted molar refractivity (Wildman–Crippen MR) is 134 cm³/mol. The molecule has 3 aliphatic carbocycles. The Morgan fingerprint density at radius 1 is 1.11 bits per heavy atom. The standard InChI is InChI=1S/C28H31N3O6/c1-31(2)23-19-10-15-9-17-16(14-5-3-13(12-29)4-6-14)7-8-20(32)22(17)25(34)21(15)26(35)28(19,37)11-18(24(23)33)27(30)36/h3-8,15,18-19,21,23,32,37H,9-12,29H2,1-2H3,(H2,30,36). The van der Waals surface area contributed by atoms with Crippen LogP contribution < -0.4 is 11.5 Å². The van der Waals surface area contributed by atoms with E-state index in [2.05, 4.69) is 0 Å². The van der Waals surface area contributed by atoms with E-state index in [0.29, 0.717) is 18.5 Å². The summed E-state index contributed by atoms with van der Waals surface area (Å²) < 4.78 is 0. The summed E-state index contributed by atoms with van der Waals surface area (Å²) >= 11 is 0. The maximum Gasteiger partial charge on any atom is 0.228 e. The van der Waals surface area contributed by atoms with Crippen molar-refractivity contribution in [3.63, 3.8) is 0 Å². The highest BCUT2D eigenvalue weighted by atomic mass is 16.3. The molecular weight excluding hydrogens is 474 g/mol. The Morgan fingerprint density at radius 2 is 1.78 bits per heavy atom. The number of phenols is 1. The SMILES string of the molecule is CN(C)C1C(=O)C(C(N)=O)CC2(O)C(=O)C3C(=O)c4c(O)ccc(-c5ccc(CN)cc5)c4CC3CC12. The van der Waals surface area contributed by atoms with Gasteiger partial charge in [0.25, 0.3) is 0 Å². The molecule has 3 aliphatic rings. The number of aromatic hydroxyl groups is 1. The first-order valence-corrected chi connectivity index (χ1v) is 12.4. The van der Waals surface area contributed by atoms with E-state index in [-0.39, 0.29) is 17.7 Å².